The Morgan fingerprint density at radius 2 is 1.69 bits per heavy atom. The lowest BCUT2D eigenvalue weighted by atomic mass is 10.1. The maximum Gasteiger partial charge on any atom is 0.278 e. The number of para-hydroxylation sites is 1. The van der Waals surface area contributed by atoms with E-state index in [-0.39, 0.29) is 22.7 Å². The summed E-state index contributed by atoms with van der Waals surface area (Å²) >= 11 is 5.96. The molecule has 36 heavy (non-hydrogen) atoms. The van der Waals surface area contributed by atoms with Crippen LogP contribution < -0.4 is 5.43 Å². The molecule has 0 bridgehead atoms. The van der Waals surface area contributed by atoms with Crippen molar-refractivity contribution >= 4 is 39.4 Å². The lowest BCUT2D eigenvalue weighted by Crippen LogP contribution is -2.39. The smallest absolute Gasteiger partial charge is 0.272 e. The largest absolute Gasteiger partial charge is 0.278 e. The molecule has 0 spiro atoms. The Labute approximate surface area is 214 Å². The number of aryl methyl sites for hydroxylation is 3. The number of halogens is 1. The maximum absolute atomic E-state index is 13.7. The number of nitro benzene ring substituents is 1. The van der Waals surface area contributed by atoms with Crippen molar-refractivity contribution in [1.29, 1.82) is 0 Å². The van der Waals surface area contributed by atoms with Gasteiger partial charge >= 0.3 is 0 Å². The van der Waals surface area contributed by atoms with Gasteiger partial charge in [-0.05, 0) is 55.7 Å². The highest BCUT2D eigenvalue weighted by molar-refractivity contribution is 7.89. The van der Waals surface area contributed by atoms with Crippen LogP contribution in [-0.2, 0) is 21.4 Å². The van der Waals surface area contributed by atoms with Crippen molar-refractivity contribution in [3.8, 4) is 0 Å². The van der Waals surface area contributed by atoms with Crippen molar-refractivity contribution in [3.05, 3.63) is 104 Å². The summed E-state index contributed by atoms with van der Waals surface area (Å²) in [6, 6.07) is 16.1. The topological polar surface area (TPSA) is 122 Å². The fourth-order valence-electron chi connectivity index (χ4n) is 3.85. The first-order chi connectivity index (χ1) is 17.0. The van der Waals surface area contributed by atoms with Gasteiger partial charge in [0.1, 0.15) is 0 Å². The number of hydrogen-bond donors (Lipinski definition) is 1. The molecule has 188 valence electrons. The minimum Gasteiger partial charge on any atom is -0.272 e. The summed E-state index contributed by atoms with van der Waals surface area (Å²) in [4.78, 5) is 23.5. The lowest BCUT2D eigenvalue weighted by Gasteiger charge is -2.24. The summed E-state index contributed by atoms with van der Waals surface area (Å²) in [6.45, 7) is 4.71. The summed E-state index contributed by atoms with van der Waals surface area (Å²) in [5, 5.41) is 15.4. The normalized spacial score (nSPS) is 11.7. The number of sulfonamides is 1. The molecule has 0 radical (unpaired) electrons. The molecule has 0 aliphatic heterocycles. The molecule has 3 aromatic rings. The zero-order chi connectivity index (χ0) is 26.5. The number of nitrogens with zero attached hydrogens (tertiary/aromatic N) is 3. The van der Waals surface area contributed by atoms with E-state index in [9.17, 15) is 23.3 Å². The Kier molecular flexibility index (Phi) is 8.57. The second kappa shape index (κ2) is 11.4. The number of hydrogen-bond acceptors (Lipinski definition) is 6. The Bertz CT molecular complexity index is 1400. The minimum absolute atomic E-state index is 0.0758. The van der Waals surface area contributed by atoms with Crippen molar-refractivity contribution < 1.29 is 18.1 Å². The predicted octanol–water partition coefficient (Wildman–Crippen LogP) is 4.51. The quantitative estimate of drug-likeness (QED) is 0.248. The van der Waals surface area contributed by atoms with Gasteiger partial charge in [-0.1, -0.05) is 53.6 Å². The fourth-order valence-corrected chi connectivity index (χ4v) is 5.78. The van der Waals surface area contributed by atoms with E-state index in [2.05, 4.69) is 10.5 Å². The highest BCUT2D eigenvalue weighted by Gasteiger charge is 2.30. The third-order valence-corrected chi connectivity index (χ3v) is 7.67. The SMILES string of the molecule is Cc1cc(C)c(S(=O)(=O)N(CC(=O)N/N=C/c2ccccc2[N+](=O)[O-])Cc2ccc(Cl)cc2)c(C)c1. The van der Waals surface area contributed by atoms with Crippen LogP contribution in [0.15, 0.2) is 70.7 Å². The molecular weight excluding hydrogens is 504 g/mol. The number of nitro groups is 1. The molecule has 0 atom stereocenters. The molecular formula is C25H25ClN4O5S. The van der Waals surface area contributed by atoms with Gasteiger partial charge in [0.2, 0.25) is 10.0 Å². The molecule has 1 amide bonds. The van der Waals surface area contributed by atoms with Crippen LogP contribution in [0.4, 0.5) is 5.69 Å². The summed E-state index contributed by atoms with van der Waals surface area (Å²) in [7, 11) is -4.08. The van der Waals surface area contributed by atoms with E-state index in [0.717, 1.165) is 16.1 Å². The van der Waals surface area contributed by atoms with Gasteiger partial charge in [-0.15, -0.1) is 0 Å². The number of benzene rings is 3. The number of amides is 1. The van der Waals surface area contributed by atoms with Crippen molar-refractivity contribution in [2.24, 2.45) is 5.10 Å². The Balaban J connectivity index is 1.88. The van der Waals surface area contributed by atoms with Gasteiger partial charge in [0.05, 0.1) is 28.1 Å². The number of carbonyl (C=O) groups excluding carboxylic acids is 1. The van der Waals surface area contributed by atoms with E-state index in [1.807, 2.05) is 6.92 Å². The highest BCUT2D eigenvalue weighted by atomic mass is 35.5. The maximum atomic E-state index is 13.7. The molecule has 0 aliphatic rings. The van der Waals surface area contributed by atoms with Crippen molar-refractivity contribution in [1.82, 2.24) is 9.73 Å². The Morgan fingerprint density at radius 3 is 2.31 bits per heavy atom. The van der Waals surface area contributed by atoms with Crippen LogP contribution in [0.1, 0.15) is 27.8 Å². The first kappa shape index (κ1) is 27.0. The summed E-state index contributed by atoms with van der Waals surface area (Å²) < 4.78 is 28.5. The Hall–Kier alpha value is -3.60. The highest BCUT2D eigenvalue weighted by Crippen LogP contribution is 2.26. The lowest BCUT2D eigenvalue weighted by molar-refractivity contribution is -0.385. The average molecular weight is 529 g/mol. The zero-order valence-corrected chi connectivity index (χ0v) is 21.5. The second-order valence-corrected chi connectivity index (χ2v) is 10.5. The molecule has 0 unspecified atom stereocenters. The first-order valence-corrected chi connectivity index (χ1v) is 12.7. The van der Waals surface area contributed by atoms with Crippen LogP contribution in [0.5, 0.6) is 0 Å². The monoisotopic (exact) mass is 528 g/mol. The van der Waals surface area contributed by atoms with Crippen LogP contribution in [-0.4, -0.2) is 36.3 Å². The van der Waals surface area contributed by atoms with Gasteiger partial charge in [0.15, 0.2) is 0 Å². The first-order valence-electron chi connectivity index (χ1n) is 10.9. The summed E-state index contributed by atoms with van der Waals surface area (Å²) in [6.07, 6.45) is 1.14. The van der Waals surface area contributed by atoms with Crippen molar-refractivity contribution in [3.63, 3.8) is 0 Å². The number of rotatable bonds is 9. The van der Waals surface area contributed by atoms with Gasteiger partial charge < -0.3 is 0 Å². The third kappa shape index (κ3) is 6.54. The van der Waals surface area contributed by atoms with Crippen LogP contribution >= 0.6 is 11.6 Å². The number of carbonyl (C=O) groups is 1. The molecule has 9 nitrogen and oxygen atoms in total. The van der Waals surface area contributed by atoms with E-state index < -0.39 is 27.4 Å². The average Bonchev–Trinajstić information content (AvgIpc) is 2.79. The van der Waals surface area contributed by atoms with Gasteiger partial charge in [-0.25, -0.2) is 13.8 Å². The van der Waals surface area contributed by atoms with E-state index in [0.29, 0.717) is 21.7 Å². The van der Waals surface area contributed by atoms with E-state index in [4.69, 9.17) is 11.6 Å². The van der Waals surface area contributed by atoms with E-state index in [1.165, 1.54) is 18.2 Å². The third-order valence-electron chi connectivity index (χ3n) is 5.32. The van der Waals surface area contributed by atoms with Gasteiger partial charge in [0, 0.05) is 17.6 Å². The minimum atomic E-state index is -4.08. The standard InChI is InChI=1S/C25H25ClN4O5S/c1-17-12-18(2)25(19(3)13-17)36(34,35)29(15-20-8-10-22(26)11-9-20)16-24(31)28-27-14-21-6-4-5-7-23(21)30(32)33/h4-14H,15-16H2,1-3H3,(H,28,31)/b27-14+. The molecule has 0 heterocycles. The summed E-state index contributed by atoms with van der Waals surface area (Å²) in [5.41, 5.74) is 5.00. The van der Waals surface area contributed by atoms with Crippen LogP contribution in [0.25, 0.3) is 0 Å². The molecule has 0 saturated carbocycles. The molecule has 0 saturated heterocycles. The van der Waals surface area contributed by atoms with Crippen LogP contribution in [0, 0.1) is 30.9 Å². The predicted molar refractivity (Wildman–Crippen MR) is 139 cm³/mol. The Morgan fingerprint density at radius 1 is 1.08 bits per heavy atom. The zero-order valence-electron chi connectivity index (χ0n) is 19.9. The molecule has 3 aromatic carbocycles. The molecule has 1 N–H and O–H groups in total. The molecule has 0 aromatic heterocycles. The van der Waals surface area contributed by atoms with Crippen LogP contribution in [0.3, 0.4) is 0 Å². The molecule has 11 heteroatoms. The van der Waals surface area contributed by atoms with Gasteiger partial charge in [-0.2, -0.15) is 9.41 Å². The molecule has 0 fully saturated rings. The van der Waals surface area contributed by atoms with Crippen molar-refractivity contribution in [2.75, 3.05) is 6.54 Å². The molecule has 3 rings (SSSR count). The second-order valence-electron chi connectivity index (χ2n) is 8.24. The number of hydrazone groups is 1. The van der Waals surface area contributed by atoms with Gasteiger partial charge in [0.25, 0.3) is 11.6 Å². The van der Waals surface area contributed by atoms with Gasteiger partial charge in [-0.3, -0.25) is 14.9 Å². The van der Waals surface area contributed by atoms with E-state index >= 15 is 0 Å². The number of nitrogens with one attached hydrogen (secondary N) is 1. The molecule has 0 aliphatic carbocycles. The fraction of sp³-hybridized carbons (Fsp3) is 0.200. The van der Waals surface area contributed by atoms with E-state index in [1.54, 1.807) is 56.3 Å². The van der Waals surface area contributed by atoms with Crippen LogP contribution in [0.2, 0.25) is 5.02 Å². The summed E-state index contributed by atoms with van der Waals surface area (Å²) in [5.74, 6) is -0.704. The van der Waals surface area contributed by atoms with Crippen molar-refractivity contribution in [2.45, 2.75) is 32.2 Å².